The van der Waals surface area contributed by atoms with Gasteiger partial charge in [-0.3, -0.25) is 0 Å². The van der Waals surface area contributed by atoms with E-state index in [1.807, 2.05) is 12.1 Å². The number of hydrogen-bond acceptors (Lipinski definition) is 2. The molecule has 3 heteroatoms. The van der Waals surface area contributed by atoms with E-state index in [2.05, 4.69) is 0 Å². The third-order valence-corrected chi connectivity index (χ3v) is 4.10. The Bertz CT molecular complexity index is 230. The maximum Gasteiger partial charge on any atom is 0.153 e. The lowest BCUT2D eigenvalue weighted by Crippen LogP contribution is -2.03. The van der Waals surface area contributed by atoms with Crippen molar-refractivity contribution >= 4 is 15.3 Å². The molecule has 0 aromatic carbocycles. The Morgan fingerprint density at radius 3 is 2.00 bits per heavy atom. The number of nitrogens with zero attached hydrogens (tertiary/aromatic N) is 2. The smallest absolute Gasteiger partial charge is 0.153 e. The lowest BCUT2D eigenvalue weighted by Gasteiger charge is -2.14. The molecule has 0 amide bonds. The van der Waals surface area contributed by atoms with Crippen molar-refractivity contribution in [2.45, 2.75) is 19.3 Å². The third kappa shape index (κ3) is 2.06. The average molecular weight is 166 g/mol. The minimum Gasteiger partial charge on any atom is -0.191 e. The maximum atomic E-state index is 8.58. The van der Waals surface area contributed by atoms with Gasteiger partial charge in [-0.25, -0.2) is 0 Å². The van der Waals surface area contributed by atoms with Crippen LogP contribution < -0.4 is 0 Å². The van der Waals surface area contributed by atoms with Crippen LogP contribution in [0, 0.1) is 22.7 Å². The molecule has 0 saturated carbocycles. The van der Waals surface area contributed by atoms with E-state index < -0.39 is 0 Å². The van der Waals surface area contributed by atoms with Gasteiger partial charge in [0.1, 0.15) is 12.1 Å². The molecule has 1 saturated heterocycles. The summed E-state index contributed by atoms with van der Waals surface area (Å²) < 4.78 is 0. The molecule has 58 valence electrons. The molecule has 0 radical (unpaired) electrons. The van der Waals surface area contributed by atoms with Crippen LogP contribution in [0.25, 0.3) is 0 Å². The summed E-state index contributed by atoms with van der Waals surface area (Å²) >= 11 is 0. The van der Waals surface area contributed by atoms with Gasteiger partial charge >= 0.3 is 0 Å². The Labute approximate surface area is 69.4 Å². The van der Waals surface area contributed by atoms with Gasteiger partial charge in [-0.15, -0.1) is 0 Å². The highest BCUT2D eigenvalue weighted by atomic mass is 32.2. The van der Waals surface area contributed by atoms with Crippen molar-refractivity contribution in [1.29, 1.82) is 10.5 Å². The Morgan fingerprint density at radius 1 is 1.00 bits per heavy atom. The van der Waals surface area contributed by atoms with Crippen LogP contribution in [-0.2, 0) is 0 Å². The van der Waals surface area contributed by atoms with Gasteiger partial charge in [-0.2, -0.15) is 21.0 Å². The largest absolute Gasteiger partial charge is 0.191 e. The first-order valence-electron chi connectivity index (χ1n) is 3.73. The highest BCUT2D eigenvalue weighted by Crippen LogP contribution is 2.25. The van der Waals surface area contributed by atoms with E-state index in [0.29, 0.717) is 4.86 Å². The Morgan fingerprint density at radius 2 is 1.55 bits per heavy atom. The second kappa shape index (κ2) is 4.16. The Kier molecular flexibility index (Phi) is 3.14. The molecule has 0 unspecified atom stereocenters. The lowest BCUT2D eigenvalue weighted by molar-refractivity contribution is 0.763. The molecule has 2 nitrogen and oxygen atoms in total. The van der Waals surface area contributed by atoms with Crippen LogP contribution in [0.1, 0.15) is 19.3 Å². The van der Waals surface area contributed by atoms with Crippen molar-refractivity contribution in [3.8, 4) is 12.1 Å². The first kappa shape index (κ1) is 8.30. The van der Waals surface area contributed by atoms with Gasteiger partial charge in [0, 0.05) is 0 Å². The zero-order valence-electron chi connectivity index (χ0n) is 6.34. The second-order valence-corrected chi connectivity index (χ2v) is 4.72. The fraction of sp³-hybridized carbons (Fsp3) is 0.625. The maximum absolute atomic E-state index is 8.58. The second-order valence-electron chi connectivity index (χ2n) is 2.51. The van der Waals surface area contributed by atoms with Gasteiger partial charge in [0.15, 0.2) is 4.86 Å². The SMILES string of the molecule is N#CC(C#N)=S1CCCCC1. The van der Waals surface area contributed by atoms with Crippen LogP contribution >= 0.6 is 10.5 Å². The summed E-state index contributed by atoms with van der Waals surface area (Å²) in [6.45, 7) is 0. The summed E-state index contributed by atoms with van der Waals surface area (Å²) in [4.78, 5) is 0.463. The van der Waals surface area contributed by atoms with E-state index in [0.717, 1.165) is 11.5 Å². The summed E-state index contributed by atoms with van der Waals surface area (Å²) in [5.74, 6) is 2.13. The predicted octanol–water partition coefficient (Wildman–Crippen LogP) is 1.66. The van der Waals surface area contributed by atoms with Crippen LogP contribution in [-0.4, -0.2) is 16.4 Å². The first-order valence-corrected chi connectivity index (χ1v) is 5.29. The van der Waals surface area contributed by atoms with E-state index in [1.165, 1.54) is 19.3 Å². The van der Waals surface area contributed by atoms with Gasteiger partial charge in [0.2, 0.25) is 0 Å². The van der Waals surface area contributed by atoms with Crippen molar-refractivity contribution in [3.63, 3.8) is 0 Å². The molecule has 0 aliphatic carbocycles. The van der Waals surface area contributed by atoms with Gasteiger partial charge in [0.25, 0.3) is 0 Å². The topological polar surface area (TPSA) is 47.6 Å². The van der Waals surface area contributed by atoms with Crippen LogP contribution in [0.15, 0.2) is 0 Å². The molecule has 0 spiro atoms. The molecule has 0 aromatic heterocycles. The minimum absolute atomic E-state index is 0.0120. The standard InChI is InChI=1S/C8H10N2S/c9-6-8(7-10)11-4-2-1-3-5-11/h1-5H2. The van der Waals surface area contributed by atoms with E-state index in [4.69, 9.17) is 10.5 Å². The predicted molar refractivity (Wildman–Crippen MR) is 47.4 cm³/mol. The van der Waals surface area contributed by atoms with Gasteiger partial charge in [-0.1, -0.05) is 6.42 Å². The number of nitriles is 2. The number of hydrogen-bond donors (Lipinski definition) is 0. The fourth-order valence-electron chi connectivity index (χ4n) is 1.19. The molecular formula is C8H10N2S. The molecule has 0 aromatic rings. The molecule has 1 fully saturated rings. The highest BCUT2D eigenvalue weighted by molar-refractivity contribution is 8.16. The van der Waals surface area contributed by atoms with E-state index in [-0.39, 0.29) is 10.5 Å². The summed E-state index contributed by atoms with van der Waals surface area (Å²) in [5, 5.41) is 17.2. The zero-order chi connectivity index (χ0) is 8.10. The van der Waals surface area contributed by atoms with Crippen molar-refractivity contribution < 1.29 is 0 Å². The minimum atomic E-state index is 0.0120. The molecular weight excluding hydrogens is 156 g/mol. The van der Waals surface area contributed by atoms with Crippen LogP contribution in [0.3, 0.4) is 0 Å². The van der Waals surface area contributed by atoms with Crippen molar-refractivity contribution in [2.75, 3.05) is 11.5 Å². The normalized spacial score (nSPS) is 18.4. The average Bonchev–Trinajstić information content (AvgIpc) is 2.09. The van der Waals surface area contributed by atoms with Crippen molar-refractivity contribution in [3.05, 3.63) is 0 Å². The van der Waals surface area contributed by atoms with Gasteiger partial charge < -0.3 is 0 Å². The number of rotatable bonds is 0. The molecule has 1 heterocycles. The molecule has 11 heavy (non-hydrogen) atoms. The highest BCUT2D eigenvalue weighted by Gasteiger charge is 2.08. The monoisotopic (exact) mass is 166 g/mol. The summed E-state index contributed by atoms with van der Waals surface area (Å²) in [6.07, 6.45) is 3.65. The molecule has 0 atom stereocenters. The molecule has 1 aliphatic rings. The van der Waals surface area contributed by atoms with Gasteiger partial charge in [0.05, 0.1) is 0 Å². The lowest BCUT2D eigenvalue weighted by atomic mass is 10.3. The first-order chi connectivity index (χ1) is 5.38. The van der Waals surface area contributed by atoms with Crippen molar-refractivity contribution in [1.82, 2.24) is 0 Å². The summed E-state index contributed by atoms with van der Waals surface area (Å²) in [7, 11) is 0.0120. The van der Waals surface area contributed by atoms with Crippen molar-refractivity contribution in [2.24, 2.45) is 0 Å². The quantitative estimate of drug-likeness (QED) is 0.514. The summed E-state index contributed by atoms with van der Waals surface area (Å²) in [5.41, 5.74) is 0. The van der Waals surface area contributed by atoms with E-state index in [9.17, 15) is 0 Å². The van der Waals surface area contributed by atoms with Gasteiger partial charge in [-0.05, 0) is 24.3 Å². The van der Waals surface area contributed by atoms with E-state index in [1.54, 1.807) is 0 Å². The van der Waals surface area contributed by atoms with Crippen LogP contribution in [0.2, 0.25) is 0 Å². The molecule has 0 N–H and O–H groups in total. The fourth-order valence-corrected chi connectivity index (χ4v) is 3.17. The summed E-state index contributed by atoms with van der Waals surface area (Å²) in [6, 6.07) is 3.98. The molecule has 0 bridgehead atoms. The Hall–Kier alpha value is -0.800. The molecule has 1 aliphatic heterocycles. The van der Waals surface area contributed by atoms with Crippen LogP contribution in [0.5, 0.6) is 0 Å². The molecule has 1 rings (SSSR count). The zero-order valence-corrected chi connectivity index (χ0v) is 7.15. The van der Waals surface area contributed by atoms with Crippen LogP contribution in [0.4, 0.5) is 0 Å². The Balaban J connectivity index is 2.77. The van der Waals surface area contributed by atoms with E-state index >= 15 is 0 Å². The third-order valence-electron chi connectivity index (χ3n) is 1.77.